The number of halogens is 1. The maximum atomic E-state index is 6.15. The van der Waals surface area contributed by atoms with Gasteiger partial charge in [0.2, 0.25) is 0 Å². The maximum Gasteiger partial charge on any atom is 0.135 e. The van der Waals surface area contributed by atoms with E-state index in [0.717, 1.165) is 21.7 Å². The predicted octanol–water partition coefficient (Wildman–Crippen LogP) is 4.73. The standard InChI is InChI=1S/C12H13ClOS/c1-8(2)15-7-9-6-14-11-5-3-4-10(13)12(9)11/h3-6,8H,7H2,1-2H3. The second-order valence-corrected chi connectivity index (χ2v) is 5.71. The smallest absolute Gasteiger partial charge is 0.135 e. The molecule has 0 atom stereocenters. The first-order valence-corrected chi connectivity index (χ1v) is 6.37. The fourth-order valence-corrected chi connectivity index (χ4v) is 2.48. The number of benzene rings is 1. The summed E-state index contributed by atoms with van der Waals surface area (Å²) in [4.78, 5) is 0. The quantitative estimate of drug-likeness (QED) is 0.770. The Hall–Kier alpha value is -0.600. The molecule has 15 heavy (non-hydrogen) atoms. The van der Waals surface area contributed by atoms with Gasteiger partial charge in [-0.3, -0.25) is 0 Å². The molecule has 2 rings (SSSR count). The lowest BCUT2D eigenvalue weighted by Crippen LogP contribution is -1.87. The van der Waals surface area contributed by atoms with Crippen LogP contribution in [0.4, 0.5) is 0 Å². The molecule has 0 radical (unpaired) electrons. The second kappa shape index (κ2) is 4.50. The molecule has 0 unspecified atom stereocenters. The molecular formula is C12H13ClOS. The molecule has 0 aliphatic heterocycles. The molecule has 1 aromatic heterocycles. The molecule has 1 heterocycles. The highest BCUT2D eigenvalue weighted by Crippen LogP contribution is 2.31. The third-order valence-electron chi connectivity index (χ3n) is 2.20. The molecule has 3 heteroatoms. The first kappa shape index (κ1) is 10.9. The van der Waals surface area contributed by atoms with Gasteiger partial charge < -0.3 is 4.42 Å². The van der Waals surface area contributed by atoms with Crippen LogP contribution in [0.3, 0.4) is 0 Å². The van der Waals surface area contributed by atoms with Crippen molar-refractivity contribution < 1.29 is 4.42 Å². The summed E-state index contributed by atoms with van der Waals surface area (Å²) in [5.41, 5.74) is 2.07. The lowest BCUT2D eigenvalue weighted by molar-refractivity contribution is 0.612. The third-order valence-corrected chi connectivity index (χ3v) is 3.66. The van der Waals surface area contributed by atoms with Crippen molar-refractivity contribution in [3.63, 3.8) is 0 Å². The zero-order valence-corrected chi connectivity index (χ0v) is 10.4. The van der Waals surface area contributed by atoms with Crippen LogP contribution >= 0.6 is 23.4 Å². The van der Waals surface area contributed by atoms with Gasteiger partial charge in [0.1, 0.15) is 5.58 Å². The summed E-state index contributed by atoms with van der Waals surface area (Å²) >= 11 is 8.04. The van der Waals surface area contributed by atoms with Gasteiger partial charge in [-0.1, -0.05) is 31.5 Å². The summed E-state index contributed by atoms with van der Waals surface area (Å²) in [6, 6.07) is 5.77. The van der Waals surface area contributed by atoms with E-state index in [0.29, 0.717) is 5.25 Å². The molecule has 2 aromatic rings. The zero-order chi connectivity index (χ0) is 10.8. The van der Waals surface area contributed by atoms with Crippen molar-refractivity contribution in [3.05, 3.63) is 35.0 Å². The molecule has 0 N–H and O–H groups in total. The monoisotopic (exact) mass is 240 g/mol. The number of hydrogen-bond acceptors (Lipinski definition) is 2. The van der Waals surface area contributed by atoms with Gasteiger partial charge in [-0.2, -0.15) is 11.8 Å². The molecule has 0 bridgehead atoms. The Balaban J connectivity index is 2.35. The molecule has 0 saturated carbocycles. The molecule has 0 spiro atoms. The number of furan rings is 1. The molecule has 0 aliphatic rings. The van der Waals surface area contributed by atoms with Crippen LogP contribution in [0.5, 0.6) is 0 Å². The van der Waals surface area contributed by atoms with Gasteiger partial charge in [0.05, 0.1) is 11.3 Å². The molecule has 1 nitrogen and oxygen atoms in total. The van der Waals surface area contributed by atoms with Crippen molar-refractivity contribution in [2.75, 3.05) is 0 Å². The molecule has 0 fully saturated rings. The van der Waals surface area contributed by atoms with Crippen LogP contribution in [-0.4, -0.2) is 5.25 Å². The van der Waals surface area contributed by atoms with E-state index >= 15 is 0 Å². The van der Waals surface area contributed by atoms with Crippen LogP contribution in [0.15, 0.2) is 28.9 Å². The van der Waals surface area contributed by atoms with E-state index in [9.17, 15) is 0 Å². The molecular weight excluding hydrogens is 228 g/mol. The normalized spacial score (nSPS) is 11.5. The average Bonchev–Trinajstić information content (AvgIpc) is 2.59. The highest BCUT2D eigenvalue weighted by molar-refractivity contribution is 7.99. The van der Waals surface area contributed by atoms with Gasteiger partial charge in [-0.25, -0.2) is 0 Å². The minimum Gasteiger partial charge on any atom is -0.464 e. The van der Waals surface area contributed by atoms with Crippen LogP contribution in [0.25, 0.3) is 11.0 Å². The van der Waals surface area contributed by atoms with Gasteiger partial charge in [0.25, 0.3) is 0 Å². The van der Waals surface area contributed by atoms with Crippen molar-refractivity contribution in [2.24, 2.45) is 0 Å². The first-order chi connectivity index (χ1) is 7.18. The van der Waals surface area contributed by atoms with Crippen molar-refractivity contribution >= 4 is 34.3 Å². The van der Waals surface area contributed by atoms with Gasteiger partial charge in [-0.15, -0.1) is 0 Å². The van der Waals surface area contributed by atoms with Gasteiger partial charge in [0.15, 0.2) is 0 Å². The van der Waals surface area contributed by atoms with Crippen LogP contribution in [0.1, 0.15) is 19.4 Å². The Morgan fingerprint density at radius 2 is 2.20 bits per heavy atom. The summed E-state index contributed by atoms with van der Waals surface area (Å²) in [6.45, 7) is 4.38. The van der Waals surface area contributed by atoms with Crippen molar-refractivity contribution in [1.82, 2.24) is 0 Å². The number of fused-ring (bicyclic) bond motifs is 1. The SMILES string of the molecule is CC(C)SCc1coc2cccc(Cl)c12. The number of hydrogen-bond donors (Lipinski definition) is 0. The van der Waals surface area contributed by atoms with Crippen LogP contribution in [0.2, 0.25) is 5.02 Å². The van der Waals surface area contributed by atoms with E-state index in [-0.39, 0.29) is 0 Å². The Labute approximate surface area is 98.8 Å². The van der Waals surface area contributed by atoms with Gasteiger partial charge >= 0.3 is 0 Å². The summed E-state index contributed by atoms with van der Waals surface area (Å²) in [5.74, 6) is 0.953. The van der Waals surface area contributed by atoms with Gasteiger partial charge in [0, 0.05) is 16.7 Å². The van der Waals surface area contributed by atoms with Crippen LogP contribution in [0, 0.1) is 0 Å². The minimum absolute atomic E-state index is 0.623. The summed E-state index contributed by atoms with van der Waals surface area (Å²) in [6.07, 6.45) is 1.81. The Kier molecular flexibility index (Phi) is 3.27. The number of thioether (sulfide) groups is 1. The van der Waals surface area contributed by atoms with E-state index in [1.165, 1.54) is 5.56 Å². The second-order valence-electron chi connectivity index (χ2n) is 3.73. The highest BCUT2D eigenvalue weighted by atomic mass is 35.5. The largest absolute Gasteiger partial charge is 0.464 e. The van der Waals surface area contributed by atoms with Crippen molar-refractivity contribution in [1.29, 1.82) is 0 Å². The Morgan fingerprint density at radius 3 is 2.93 bits per heavy atom. The van der Waals surface area contributed by atoms with Gasteiger partial charge in [-0.05, 0) is 17.4 Å². The number of rotatable bonds is 3. The zero-order valence-electron chi connectivity index (χ0n) is 8.79. The minimum atomic E-state index is 0.623. The molecule has 0 saturated heterocycles. The van der Waals surface area contributed by atoms with E-state index in [1.807, 2.05) is 36.2 Å². The van der Waals surface area contributed by atoms with Crippen molar-refractivity contribution in [3.8, 4) is 0 Å². The van der Waals surface area contributed by atoms with E-state index in [2.05, 4.69) is 13.8 Å². The first-order valence-electron chi connectivity index (χ1n) is 4.94. The Morgan fingerprint density at radius 1 is 1.40 bits per heavy atom. The lowest BCUT2D eigenvalue weighted by Gasteiger charge is -2.03. The maximum absolute atomic E-state index is 6.15. The third kappa shape index (κ3) is 2.32. The molecule has 0 aliphatic carbocycles. The lowest BCUT2D eigenvalue weighted by atomic mass is 10.2. The highest BCUT2D eigenvalue weighted by Gasteiger charge is 2.09. The summed E-state index contributed by atoms with van der Waals surface area (Å²) < 4.78 is 5.46. The van der Waals surface area contributed by atoms with E-state index in [1.54, 1.807) is 0 Å². The Bertz CT molecular complexity index is 462. The molecule has 80 valence electrons. The fraction of sp³-hybridized carbons (Fsp3) is 0.333. The van der Waals surface area contributed by atoms with Crippen LogP contribution in [-0.2, 0) is 5.75 Å². The topological polar surface area (TPSA) is 13.1 Å². The molecule has 0 amide bonds. The van der Waals surface area contributed by atoms with Crippen LogP contribution < -0.4 is 0 Å². The van der Waals surface area contributed by atoms with Crippen molar-refractivity contribution in [2.45, 2.75) is 24.9 Å². The van der Waals surface area contributed by atoms with E-state index < -0.39 is 0 Å². The predicted molar refractivity (Wildman–Crippen MR) is 67.7 cm³/mol. The summed E-state index contributed by atoms with van der Waals surface area (Å²) in [5, 5.41) is 2.46. The summed E-state index contributed by atoms with van der Waals surface area (Å²) in [7, 11) is 0. The average molecular weight is 241 g/mol. The molecule has 1 aromatic carbocycles. The fourth-order valence-electron chi connectivity index (χ4n) is 1.47. The van der Waals surface area contributed by atoms with E-state index in [4.69, 9.17) is 16.0 Å².